The molecule has 4 nitrogen and oxygen atoms in total. The van der Waals surface area contributed by atoms with Crippen LogP contribution in [0.3, 0.4) is 0 Å². The van der Waals surface area contributed by atoms with E-state index in [2.05, 4.69) is 43.3 Å². The predicted molar refractivity (Wildman–Crippen MR) is 99.5 cm³/mol. The van der Waals surface area contributed by atoms with Crippen LogP contribution in [0.15, 0.2) is 4.99 Å². The number of hydrogen-bond acceptors (Lipinski definition) is 2. The number of guanidine groups is 1. The largest absolute Gasteiger partial charge is 0.378 e. The van der Waals surface area contributed by atoms with Crippen LogP contribution in [0, 0.1) is 5.41 Å². The van der Waals surface area contributed by atoms with Crippen molar-refractivity contribution in [2.24, 2.45) is 10.4 Å². The molecule has 21 heavy (non-hydrogen) atoms. The van der Waals surface area contributed by atoms with Crippen molar-refractivity contribution in [3.05, 3.63) is 0 Å². The van der Waals surface area contributed by atoms with E-state index in [-0.39, 0.29) is 29.5 Å². The third kappa shape index (κ3) is 4.24. The van der Waals surface area contributed by atoms with Gasteiger partial charge in [0.2, 0.25) is 0 Å². The Morgan fingerprint density at radius 2 is 1.90 bits per heavy atom. The highest BCUT2D eigenvalue weighted by Crippen LogP contribution is 2.54. The molecule has 2 N–H and O–H groups in total. The molecule has 0 aromatic rings. The summed E-state index contributed by atoms with van der Waals surface area (Å²) in [6, 6.07) is 0.509. The standard InChI is InChI=1S/C16H31N3O.HI/c1-6-20-13-11-12(16(13)9-7-8-10-16)18-14(17-5)19-15(2,3)4;/h12-13H,6-11H2,1-5H3,(H2,17,18,19);1H. The van der Waals surface area contributed by atoms with Gasteiger partial charge in [0.05, 0.1) is 6.10 Å². The van der Waals surface area contributed by atoms with Gasteiger partial charge in [-0.15, -0.1) is 24.0 Å². The molecule has 2 atom stereocenters. The minimum atomic E-state index is 0. The Labute approximate surface area is 146 Å². The van der Waals surface area contributed by atoms with E-state index in [1.54, 1.807) is 0 Å². The molecule has 2 rings (SSSR count). The van der Waals surface area contributed by atoms with Crippen LogP contribution in [0.2, 0.25) is 0 Å². The zero-order chi connectivity index (χ0) is 14.8. The molecule has 0 aromatic carbocycles. The van der Waals surface area contributed by atoms with Crippen LogP contribution >= 0.6 is 24.0 Å². The lowest BCUT2D eigenvalue weighted by atomic mass is 9.60. The van der Waals surface area contributed by atoms with Crippen molar-refractivity contribution in [2.45, 2.75) is 77.5 Å². The third-order valence-corrected chi connectivity index (χ3v) is 4.72. The van der Waals surface area contributed by atoms with Crippen LogP contribution in [-0.4, -0.2) is 37.3 Å². The number of rotatable bonds is 3. The topological polar surface area (TPSA) is 45.6 Å². The minimum absolute atomic E-state index is 0. The van der Waals surface area contributed by atoms with E-state index in [0.29, 0.717) is 17.6 Å². The van der Waals surface area contributed by atoms with Gasteiger partial charge in [0.1, 0.15) is 0 Å². The van der Waals surface area contributed by atoms with Crippen LogP contribution in [0.25, 0.3) is 0 Å². The van der Waals surface area contributed by atoms with Crippen LogP contribution < -0.4 is 10.6 Å². The summed E-state index contributed by atoms with van der Waals surface area (Å²) < 4.78 is 5.96. The second kappa shape index (κ2) is 7.49. The van der Waals surface area contributed by atoms with Gasteiger partial charge in [-0.3, -0.25) is 4.99 Å². The van der Waals surface area contributed by atoms with Crippen molar-refractivity contribution in [2.75, 3.05) is 13.7 Å². The zero-order valence-electron chi connectivity index (χ0n) is 14.2. The number of aliphatic imine (C=N–C) groups is 1. The number of nitrogens with zero attached hydrogens (tertiary/aromatic N) is 1. The molecule has 0 aromatic heterocycles. The fourth-order valence-electron chi connectivity index (χ4n) is 3.77. The van der Waals surface area contributed by atoms with Gasteiger partial charge in [0, 0.05) is 30.7 Å². The first-order valence-electron chi connectivity index (χ1n) is 8.04. The molecule has 0 radical (unpaired) electrons. The normalized spacial score (nSPS) is 28.0. The Balaban J connectivity index is 0.00000220. The maximum absolute atomic E-state index is 5.96. The van der Waals surface area contributed by atoms with Gasteiger partial charge in [-0.1, -0.05) is 12.8 Å². The quantitative estimate of drug-likeness (QED) is 0.427. The molecule has 2 fully saturated rings. The molecule has 1 spiro atoms. The minimum Gasteiger partial charge on any atom is -0.378 e. The molecule has 0 heterocycles. The lowest BCUT2D eigenvalue weighted by Crippen LogP contribution is -2.66. The van der Waals surface area contributed by atoms with Crippen LogP contribution in [-0.2, 0) is 4.74 Å². The summed E-state index contributed by atoms with van der Waals surface area (Å²) in [5.41, 5.74) is 0.388. The summed E-state index contributed by atoms with van der Waals surface area (Å²) in [5, 5.41) is 7.10. The highest BCUT2D eigenvalue weighted by molar-refractivity contribution is 14.0. The van der Waals surface area contributed by atoms with Gasteiger partial charge in [0.25, 0.3) is 0 Å². The summed E-state index contributed by atoms with van der Waals surface area (Å²) in [5.74, 6) is 0.920. The summed E-state index contributed by atoms with van der Waals surface area (Å²) in [6.07, 6.45) is 6.82. The van der Waals surface area contributed by atoms with E-state index in [4.69, 9.17) is 4.74 Å². The molecule has 0 saturated heterocycles. The fourth-order valence-corrected chi connectivity index (χ4v) is 3.77. The molecule has 2 saturated carbocycles. The Morgan fingerprint density at radius 3 is 2.38 bits per heavy atom. The highest BCUT2D eigenvalue weighted by Gasteiger charge is 2.57. The number of halogens is 1. The van der Waals surface area contributed by atoms with Gasteiger partial charge in [0.15, 0.2) is 5.96 Å². The number of nitrogens with one attached hydrogen (secondary N) is 2. The molecular weight excluding hydrogens is 377 g/mol. The van der Waals surface area contributed by atoms with Gasteiger partial charge in [-0.05, 0) is 47.0 Å². The van der Waals surface area contributed by atoms with Crippen LogP contribution in [0.1, 0.15) is 59.8 Å². The first kappa shape index (κ1) is 19.0. The van der Waals surface area contributed by atoms with Gasteiger partial charge in [-0.2, -0.15) is 0 Å². The molecule has 5 heteroatoms. The molecule has 0 bridgehead atoms. The van der Waals surface area contributed by atoms with Crippen LogP contribution in [0.4, 0.5) is 0 Å². The first-order valence-corrected chi connectivity index (χ1v) is 8.04. The summed E-state index contributed by atoms with van der Waals surface area (Å²) in [7, 11) is 1.85. The summed E-state index contributed by atoms with van der Waals surface area (Å²) >= 11 is 0. The SMILES string of the molecule is CCOC1CC(NC(=NC)NC(C)(C)C)C12CCCC2.I. The van der Waals surface area contributed by atoms with E-state index < -0.39 is 0 Å². The lowest BCUT2D eigenvalue weighted by molar-refractivity contribution is -0.125. The molecule has 0 amide bonds. The van der Waals surface area contributed by atoms with Gasteiger partial charge >= 0.3 is 0 Å². The molecular formula is C16H32IN3O. The van der Waals surface area contributed by atoms with E-state index in [0.717, 1.165) is 19.0 Å². The monoisotopic (exact) mass is 409 g/mol. The Bertz CT molecular complexity index is 359. The Hall–Kier alpha value is -0.0400. The smallest absolute Gasteiger partial charge is 0.191 e. The Morgan fingerprint density at radius 1 is 1.29 bits per heavy atom. The average molecular weight is 409 g/mol. The second-order valence-electron chi connectivity index (χ2n) is 7.26. The number of ether oxygens (including phenoxy) is 1. The highest BCUT2D eigenvalue weighted by atomic mass is 127. The molecule has 2 aliphatic rings. The van der Waals surface area contributed by atoms with Crippen molar-refractivity contribution >= 4 is 29.9 Å². The van der Waals surface area contributed by atoms with Gasteiger partial charge in [-0.25, -0.2) is 0 Å². The fraction of sp³-hybridized carbons (Fsp3) is 0.938. The van der Waals surface area contributed by atoms with Crippen molar-refractivity contribution < 1.29 is 4.74 Å². The second-order valence-corrected chi connectivity index (χ2v) is 7.26. The molecule has 124 valence electrons. The van der Waals surface area contributed by atoms with Gasteiger partial charge < -0.3 is 15.4 Å². The van der Waals surface area contributed by atoms with Crippen LogP contribution in [0.5, 0.6) is 0 Å². The average Bonchev–Trinajstić information content (AvgIpc) is 2.87. The maximum atomic E-state index is 5.96. The predicted octanol–water partition coefficient (Wildman–Crippen LogP) is 3.31. The van der Waals surface area contributed by atoms with Crippen molar-refractivity contribution in [3.8, 4) is 0 Å². The molecule has 0 aliphatic heterocycles. The zero-order valence-corrected chi connectivity index (χ0v) is 16.5. The maximum Gasteiger partial charge on any atom is 0.191 e. The lowest BCUT2D eigenvalue weighted by Gasteiger charge is -2.54. The third-order valence-electron chi connectivity index (χ3n) is 4.72. The summed E-state index contributed by atoms with van der Waals surface area (Å²) in [4.78, 5) is 4.37. The first-order chi connectivity index (χ1) is 9.41. The number of hydrogen-bond donors (Lipinski definition) is 2. The van der Waals surface area contributed by atoms with Crippen molar-refractivity contribution in [1.29, 1.82) is 0 Å². The van der Waals surface area contributed by atoms with E-state index in [9.17, 15) is 0 Å². The van der Waals surface area contributed by atoms with Crippen molar-refractivity contribution in [1.82, 2.24) is 10.6 Å². The van der Waals surface area contributed by atoms with E-state index in [1.165, 1.54) is 25.7 Å². The summed E-state index contributed by atoms with van der Waals surface area (Å²) in [6.45, 7) is 9.41. The van der Waals surface area contributed by atoms with E-state index >= 15 is 0 Å². The molecule has 2 aliphatic carbocycles. The molecule has 2 unspecified atom stereocenters. The Kier molecular flexibility index (Phi) is 6.78. The van der Waals surface area contributed by atoms with E-state index in [1.807, 2.05) is 7.05 Å². The van der Waals surface area contributed by atoms with Crippen molar-refractivity contribution in [3.63, 3.8) is 0 Å².